The maximum absolute atomic E-state index is 13.7. The van der Waals surface area contributed by atoms with Crippen molar-refractivity contribution in [2.45, 2.75) is 59.0 Å². The maximum Gasteiger partial charge on any atom is 0.303 e. The zero-order valence-corrected chi connectivity index (χ0v) is 22.4. The molecule has 1 heterocycles. The van der Waals surface area contributed by atoms with E-state index in [9.17, 15) is 28.8 Å². The Bertz CT molecular complexity index is 1260. The Morgan fingerprint density at radius 2 is 1.34 bits per heavy atom. The van der Waals surface area contributed by atoms with Gasteiger partial charge in [0, 0.05) is 45.0 Å². The standard InChI is InChI=1S/C23H24Cl2N2O11/c1-9(28)34-8-17(35-10(2)29)21(36-11(3)30)23(38-13(5)32)22(37-12(4)31)20(33)19-15-6-14(24)7-16(25)18(15)26-27-19/h6-7,17,21-23H,8H2,1-5H3,(H,26,27)/t17-,21+,22+,23+/m1/s1. The number of H-pyrrole nitrogens is 1. The van der Waals surface area contributed by atoms with Gasteiger partial charge in [-0.3, -0.25) is 33.9 Å². The smallest absolute Gasteiger partial charge is 0.303 e. The van der Waals surface area contributed by atoms with Crippen molar-refractivity contribution in [1.29, 1.82) is 0 Å². The van der Waals surface area contributed by atoms with Gasteiger partial charge in [-0.1, -0.05) is 23.2 Å². The molecule has 38 heavy (non-hydrogen) atoms. The van der Waals surface area contributed by atoms with Gasteiger partial charge in [0.15, 0.2) is 18.3 Å². The number of ether oxygens (including phenoxy) is 5. The molecule has 15 heteroatoms. The molecular weight excluding hydrogens is 551 g/mol. The number of carbonyl (C=O) groups is 6. The van der Waals surface area contributed by atoms with Crippen LogP contribution >= 0.6 is 23.2 Å². The van der Waals surface area contributed by atoms with Crippen LogP contribution in [0.1, 0.15) is 45.1 Å². The normalized spacial score (nSPS) is 14.0. The third-order valence-electron chi connectivity index (χ3n) is 4.74. The van der Waals surface area contributed by atoms with Crippen LogP contribution in [-0.4, -0.2) is 76.8 Å². The molecule has 206 valence electrons. The average Bonchev–Trinajstić information content (AvgIpc) is 3.20. The van der Waals surface area contributed by atoms with Crippen LogP contribution in [0.3, 0.4) is 0 Å². The van der Waals surface area contributed by atoms with Crippen molar-refractivity contribution in [3.63, 3.8) is 0 Å². The van der Waals surface area contributed by atoms with Gasteiger partial charge in [0.2, 0.25) is 11.9 Å². The van der Waals surface area contributed by atoms with Crippen molar-refractivity contribution < 1.29 is 52.5 Å². The Morgan fingerprint density at radius 3 is 1.87 bits per heavy atom. The number of carbonyl (C=O) groups excluding carboxylic acids is 6. The van der Waals surface area contributed by atoms with Gasteiger partial charge in [-0.25, -0.2) is 0 Å². The van der Waals surface area contributed by atoms with Crippen molar-refractivity contribution >= 4 is 69.7 Å². The molecule has 0 aliphatic carbocycles. The summed E-state index contributed by atoms with van der Waals surface area (Å²) in [5, 5.41) is 6.88. The minimum Gasteiger partial charge on any atom is -0.462 e. The summed E-state index contributed by atoms with van der Waals surface area (Å²) in [6.45, 7) is 4.37. The predicted molar refractivity (Wildman–Crippen MR) is 129 cm³/mol. The van der Waals surface area contributed by atoms with Gasteiger partial charge in [0.05, 0.1) is 5.02 Å². The SMILES string of the molecule is CC(=O)OC[C@@H](OC(C)=O)[C@H](OC(C)=O)[C@H](OC(C)=O)[C@@H](OC(C)=O)C(=O)c1[nH]nc2c(Cl)cc(Cl)cc12. The van der Waals surface area contributed by atoms with Crippen LogP contribution in [0.4, 0.5) is 0 Å². The summed E-state index contributed by atoms with van der Waals surface area (Å²) < 4.78 is 25.9. The molecule has 0 radical (unpaired) electrons. The van der Waals surface area contributed by atoms with Gasteiger partial charge >= 0.3 is 29.8 Å². The highest BCUT2D eigenvalue weighted by Crippen LogP contribution is 2.30. The number of Topliss-reactive ketones (excluding diaryl/α,β-unsaturated/α-hetero) is 1. The first-order chi connectivity index (χ1) is 17.7. The number of aromatic nitrogens is 2. The lowest BCUT2D eigenvalue weighted by Crippen LogP contribution is -2.55. The van der Waals surface area contributed by atoms with E-state index in [1.54, 1.807) is 0 Å². The summed E-state index contributed by atoms with van der Waals surface area (Å²) in [7, 11) is 0. The van der Waals surface area contributed by atoms with E-state index in [2.05, 4.69) is 10.2 Å². The molecule has 1 N–H and O–H groups in total. The second-order valence-corrected chi connectivity index (χ2v) is 8.72. The third kappa shape index (κ3) is 8.15. The van der Waals surface area contributed by atoms with E-state index >= 15 is 0 Å². The highest BCUT2D eigenvalue weighted by molar-refractivity contribution is 6.38. The Hall–Kier alpha value is -3.71. The highest BCUT2D eigenvalue weighted by Gasteiger charge is 2.47. The number of hydrogen-bond donors (Lipinski definition) is 1. The lowest BCUT2D eigenvalue weighted by molar-refractivity contribution is -0.199. The van der Waals surface area contributed by atoms with Gasteiger partial charge in [-0.05, 0) is 12.1 Å². The highest BCUT2D eigenvalue weighted by atomic mass is 35.5. The molecule has 0 aliphatic rings. The van der Waals surface area contributed by atoms with Gasteiger partial charge < -0.3 is 23.7 Å². The van der Waals surface area contributed by atoms with E-state index in [0.29, 0.717) is 0 Å². The van der Waals surface area contributed by atoms with Gasteiger partial charge in [-0.15, -0.1) is 0 Å². The fraction of sp³-hybridized carbons (Fsp3) is 0.435. The van der Waals surface area contributed by atoms with Crippen LogP contribution in [0.5, 0.6) is 0 Å². The molecule has 0 saturated carbocycles. The number of rotatable bonds is 11. The van der Waals surface area contributed by atoms with Crippen LogP contribution < -0.4 is 0 Å². The molecule has 1 aromatic carbocycles. The second kappa shape index (κ2) is 13.2. The maximum atomic E-state index is 13.7. The van der Waals surface area contributed by atoms with Crippen molar-refractivity contribution in [3.8, 4) is 0 Å². The zero-order chi connectivity index (χ0) is 28.7. The fourth-order valence-electron chi connectivity index (χ4n) is 3.47. The molecule has 2 aromatic rings. The monoisotopic (exact) mass is 574 g/mol. The molecule has 2 rings (SSSR count). The lowest BCUT2D eigenvalue weighted by atomic mass is 9.96. The summed E-state index contributed by atoms with van der Waals surface area (Å²) in [4.78, 5) is 73.2. The first kappa shape index (κ1) is 30.5. The van der Waals surface area contributed by atoms with Crippen molar-refractivity contribution in [2.24, 2.45) is 0 Å². The molecule has 0 aliphatic heterocycles. The Morgan fingerprint density at radius 1 is 0.789 bits per heavy atom. The lowest BCUT2D eigenvalue weighted by Gasteiger charge is -2.34. The molecule has 1 aromatic heterocycles. The van der Waals surface area contributed by atoms with Gasteiger partial charge in [0.25, 0.3) is 0 Å². The van der Waals surface area contributed by atoms with Crippen LogP contribution in [0.15, 0.2) is 12.1 Å². The molecule has 13 nitrogen and oxygen atoms in total. The Kier molecular flexibility index (Phi) is 10.6. The molecule has 0 amide bonds. The van der Waals surface area contributed by atoms with E-state index in [1.807, 2.05) is 0 Å². The van der Waals surface area contributed by atoms with Gasteiger partial charge in [-0.2, -0.15) is 5.10 Å². The summed E-state index contributed by atoms with van der Waals surface area (Å²) in [6.07, 6.45) is -7.23. The van der Waals surface area contributed by atoms with Crippen molar-refractivity contribution in [3.05, 3.63) is 27.9 Å². The Labute approximate surface area is 225 Å². The van der Waals surface area contributed by atoms with Crippen molar-refractivity contribution in [2.75, 3.05) is 6.61 Å². The topological polar surface area (TPSA) is 177 Å². The van der Waals surface area contributed by atoms with Crippen LogP contribution in [0, 0.1) is 0 Å². The van der Waals surface area contributed by atoms with Crippen LogP contribution in [-0.2, 0) is 47.7 Å². The minimum atomic E-state index is -1.97. The minimum absolute atomic E-state index is 0.109. The number of fused-ring (bicyclic) bond motifs is 1. The first-order valence-electron chi connectivity index (χ1n) is 10.9. The average molecular weight is 575 g/mol. The van der Waals surface area contributed by atoms with Crippen molar-refractivity contribution in [1.82, 2.24) is 10.2 Å². The number of ketones is 1. The molecule has 0 saturated heterocycles. The molecule has 0 unspecified atom stereocenters. The zero-order valence-electron chi connectivity index (χ0n) is 20.9. The summed E-state index contributed by atoms with van der Waals surface area (Å²) in [5.74, 6) is -5.57. The number of esters is 5. The van der Waals surface area contributed by atoms with Crippen LogP contribution in [0.2, 0.25) is 10.0 Å². The van der Waals surface area contributed by atoms with E-state index in [1.165, 1.54) is 12.1 Å². The number of benzene rings is 1. The van der Waals surface area contributed by atoms with E-state index in [0.717, 1.165) is 34.6 Å². The first-order valence-corrected chi connectivity index (χ1v) is 11.7. The fourth-order valence-corrected chi connectivity index (χ4v) is 4.00. The quantitative estimate of drug-likeness (QED) is 0.235. The summed E-state index contributed by atoms with van der Waals surface area (Å²) in [6, 6.07) is 2.76. The van der Waals surface area contributed by atoms with Crippen LogP contribution in [0.25, 0.3) is 10.9 Å². The number of hydrogen-bond acceptors (Lipinski definition) is 12. The molecular formula is C23H24Cl2N2O11. The molecule has 0 spiro atoms. The van der Waals surface area contributed by atoms with E-state index < -0.39 is 66.7 Å². The number of nitrogens with one attached hydrogen (secondary N) is 1. The third-order valence-corrected chi connectivity index (χ3v) is 5.24. The molecule has 4 atom stereocenters. The predicted octanol–water partition coefficient (Wildman–Crippen LogP) is 2.34. The Balaban J connectivity index is 2.71. The summed E-state index contributed by atoms with van der Waals surface area (Å²) in [5.41, 5.74) is -0.0763. The number of aromatic amines is 1. The largest absolute Gasteiger partial charge is 0.462 e. The molecule has 0 bridgehead atoms. The molecule has 0 fully saturated rings. The number of halogens is 2. The van der Waals surface area contributed by atoms with E-state index in [4.69, 9.17) is 46.9 Å². The van der Waals surface area contributed by atoms with Gasteiger partial charge in [0.1, 0.15) is 17.8 Å². The second-order valence-electron chi connectivity index (χ2n) is 7.88. The number of nitrogens with zero attached hydrogens (tertiary/aromatic N) is 1. The summed E-state index contributed by atoms with van der Waals surface area (Å²) >= 11 is 12.2. The van der Waals surface area contributed by atoms with E-state index in [-0.39, 0.29) is 26.6 Å².